The first-order valence-corrected chi connectivity index (χ1v) is 11.1. The molecule has 0 aliphatic carbocycles. The number of anilines is 2. The van der Waals surface area contributed by atoms with Gasteiger partial charge in [-0.25, -0.2) is 14.4 Å². The van der Waals surface area contributed by atoms with E-state index in [1.54, 1.807) is 6.07 Å². The second-order valence-electron chi connectivity index (χ2n) is 8.39. The quantitative estimate of drug-likeness (QED) is 0.483. The minimum Gasteiger partial charge on any atom is -0.340 e. The molecule has 0 bridgehead atoms. The van der Waals surface area contributed by atoms with Gasteiger partial charge in [0, 0.05) is 17.9 Å². The molecule has 5 rings (SSSR count). The van der Waals surface area contributed by atoms with Gasteiger partial charge in [0.2, 0.25) is 5.91 Å². The van der Waals surface area contributed by atoms with Gasteiger partial charge in [0.15, 0.2) is 0 Å². The molecule has 3 aromatic heterocycles. The second-order valence-corrected chi connectivity index (χ2v) is 8.39. The summed E-state index contributed by atoms with van der Waals surface area (Å²) in [6.07, 6.45) is 2.97. The Hall–Kier alpha value is -3.81. The number of nitrogens with one attached hydrogen (secondary N) is 1. The molecule has 1 aromatic carbocycles. The van der Waals surface area contributed by atoms with Crippen LogP contribution in [0.2, 0.25) is 0 Å². The Morgan fingerprint density at radius 1 is 1.15 bits per heavy atom. The van der Waals surface area contributed by atoms with E-state index in [0.29, 0.717) is 12.4 Å². The predicted molar refractivity (Wildman–Crippen MR) is 125 cm³/mol. The number of carbonyl (C=O) groups is 1. The molecule has 1 fully saturated rings. The number of carbonyl (C=O) groups excluding carboxylic acids is 1. The Morgan fingerprint density at radius 3 is 2.82 bits per heavy atom. The van der Waals surface area contributed by atoms with E-state index in [0.717, 1.165) is 46.8 Å². The van der Waals surface area contributed by atoms with E-state index in [2.05, 4.69) is 15.3 Å². The minimum absolute atomic E-state index is 0.0572. The van der Waals surface area contributed by atoms with Gasteiger partial charge in [-0.3, -0.25) is 9.78 Å². The summed E-state index contributed by atoms with van der Waals surface area (Å²) in [6.45, 7) is 4.81. The molecule has 1 unspecified atom stereocenters. The van der Waals surface area contributed by atoms with Gasteiger partial charge in [-0.1, -0.05) is 12.1 Å². The normalized spacial score (nSPS) is 15.8. The molecule has 1 aliphatic heterocycles. The Kier molecular flexibility index (Phi) is 5.50. The number of para-hydroxylation sites is 2. The highest BCUT2D eigenvalue weighted by atomic mass is 19.1. The lowest BCUT2D eigenvalue weighted by molar-refractivity contribution is -0.132. The zero-order chi connectivity index (χ0) is 22.9. The number of aromatic nitrogens is 4. The summed E-state index contributed by atoms with van der Waals surface area (Å²) in [6, 6.07) is 14.6. The molecule has 1 aliphatic rings. The van der Waals surface area contributed by atoms with Crippen LogP contribution in [0.15, 0.2) is 54.7 Å². The zero-order valence-electron chi connectivity index (χ0n) is 18.6. The van der Waals surface area contributed by atoms with Crippen molar-refractivity contribution in [1.82, 2.24) is 24.4 Å². The van der Waals surface area contributed by atoms with E-state index in [1.807, 2.05) is 59.7 Å². The molecule has 1 N–H and O–H groups in total. The molecule has 1 atom stereocenters. The summed E-state index contributed by atoms with van der Waals surface area (Å²) in [5, 5.41) is 3.21. The molecule has 7 nitrogen and oxygen atoms in total. The Morgan fingerprint density at radius 2 is 2.00 bits per heavy atom. The number of benzene rings is 1. The maximum Gasteiger partial charge on any atom is 0.243 e. The van der Waals surface area contributed by atoms with Crippen LogP contribution in [0.4, 0.5) is 15.9 Å². The number of hydrogen-bond acceptors (Lipinski definition) is 5. The van der Waals surface area contributed by atoms with Crippen LogP contribution in [0.5, 0.6) is 0 Å². The number of imidazole rings is 1. The van der Waals surface area contributed by atoms with Crippen molar-refractivity contribution in [1.29, 1.82) is 0 Å². The maximum absolute atomic E-state index is 13.4. The Bertz CT molecular complexity index is 1320. The first kappa shape index (κ1) is 21.1. The molecule has 8 heteroatoms. The molecule has 1 saturated heterocycles. The van der Waals surface area contributed by atoms with Crippen molar-refractivity contribution in [3.63, 3.8) is 0 Å². The van der Waals surface area contributed by atoms with Crippen LogP contribution in [-0.2, 0) is 11.3 Å². The molecule has 4 heterocycles. The SMILES string of the molecule is Cc1cc(Nc2ccc(F)cn2)cc(C2CCCN2C(=O)Cn2c(C)nc3ccccc32)n1. The standard InChI is InChI=1S/C25H25FN6O/c1-16-12-19(30-24-10-9-18(26)14-27-24)13-21(28-16)23-8-5-11-31(23)25(33)15-32-17(2)29-20-6-3-4-7-22(20)32/h3-4,6-7,9-10,12-14,23H,5,8,11,15H2,1-2H3,(H,27,28,30). The first-order chi connectivity index (χ1) is 16.0. The van der Waals surface area contributed by atoms with Crippen molar-refractivity contribution < 1.29 is 9.18 Å². The highest BCUT2D eigenvalue weighted by Gasteiger charge is 2.31. The van der Waals surface area contributed by atoms with Crippen LogP contribution in [-0.4, -0.2) is 36.9 Å². The Labute approximate surface area is 191 Å². The van der Waals surface area contributed by atoms with E-state index in [-0.39, 0.29) is 24.3 Å². The summed E-state index contributed by atoms with van der Waals surface area (Å²) in [5.41, 5.74) is 4.36. The summed E-state index contributed by atoms with van der Waals surface area (Å²) in [4.78, 5) is 28.7. The highest BCUT2D eigenvalue weighted by Crippen LogP contribution is 2.33. The first-order valence-electron chi connectivity index (χ1n) is 11.1. The van der Waals surface area contributed by atoms with E-state index in [4.69, 9.17) is 4.98 Å². The number of aryl methyl sites for hydroxylation is 2. The van der Waals surface area contributed by atoms with Gasteiger partial charge < -0.3 is 14.8 Å². The van der Waals surface area contributed by atoms with Gasteiger partial charge in [0.25, 0.3) is 0 Å². The summed E-state index contributed by atoms with van der Waals surface area (Å²) in [7, 11) is 0. The molecular weight excluding hydrogens is 419 g/mol. The van der Waals surface area contributed by atoms with Crippen molar-refractivity contribution in [2.24, 2.45) is 0 Å². The molecule has 168 valence electrons. The van der Waals surface area contributed by atoms with Crippen molar-refractivity contribution in [2.75, 3.05) is 11.9 Å². The molecule has 4 aromatic rings. The average Bonchev–Trinajstić information content (AvgIpc) is 3.40. The Balaban J connectivity index is 1.38. The van der Waals surface area contributed by atoms with Gasteiger partial charge in [-0.15, -0.1) is 0 Å². The molecule has 1 amide bonds. The summed E-state index contributed by atoms with van der Waals surface area (Å²) < 4.78 is 15.2. The van der Waals surface area contributed by atoms with Crippen LogP contribution < -0.4 is 5.32 Å². The van der Waals surface area contributed by atoms with E-state index < -0.39 is 0 Å². The fraction of sp³-hybridized carbons (Fsp3) is 0.280. The third-order valence-electron chi connectivity index (χ3n) is 6.03. The number of fused-ring (bicyclic) bond motifs is 1. The number of likely N-dealkylation sites (tertiary alicyclic amines) is 1. The third-order valence-corrected chi connectivity index (χ3v) is 6.03. The smallest absolute Gasteiger partial charge is 0.243 e. The van der Waals surface area contributed by atoms with E-state index >= 15 is 0 Å². The number of halogens is 1. The zero-order valence-corrected chi connectivity index (χ0v) is 18.6. The lowest BCUT2D eigenvalue weighted by Crippen LogP contribution is -2.34. The molecule has 0 saturated carbocycles. The van der Waals surface area contributed by atoms with Crippen LogP contribution in [0.3, 0.4) is 0 Å². The molecule has 0 spiro atoms. The van der Waals surface area contributed by atoms with Crippen molar-refractivity contribution in [3.05, 3.63) is 77.8 Å². The number of hydrogen-bond donors (Lipinski definition) is 1. The highest BCUT2D eigenvalue weighted by molar-refractivity contribution is 5.81. The van der Waals surface area contributed by atoms with Crippen molar-refractivity contribution >= 4 is 28.4 Å². The van der Waals surface area contributed by atoms with Gasteiger partial charge in [-0.2, -0.15) is 0 Å². The van der Waals surface area contributed by atoms with Crippen LogP contribution in [0.1, 0.15) is 36.1 Å². The van der Waals surface area contributed by atoms with Crippen molar-refractivity contribution in [3.8, 4) is 0 Å². The van der Waals surface area contributed by atoms with Gasteiger partial charge in [0.1, 0.15) is 24.0 Å². The van der Waals surface area contributed by atoms with Gasteiger partial charge in [0.05, 0.1) is 29.0 Å². The summed E-state index contributed by atoms with van der Waals surface area (Å²) >= 11 is 0. The van der Waals surface area contributed by atoms with E-state index in [1.165, 1.54) is 12.3 Å². The number of nitrogens with zero attached hydrogens (tertiary/aromatic N) is 5. The largest absolute Gasteiger partial charge is 0.340 e. The fourth-order valence-electron chi connectivity index (χ4n) is 4.53. The minimum atomic E-state index is -0.381. The van der Waals surface area contributed by atoms with Crippen LogP contribution in [0.25, 0.3) is 11.0 Å². The number of rotatable bonds is 5. The van der Waals surface area contributed by atoms with Gasteiger partial charge in [-0.05, 0) is 63.1 Å². The fourth-order valence-corrected chi connectivity index (χ4v) is 4.53. The maximum atomic E-state index is 13.4. The number of pyridine rings is 2. The second kappa shape index (κ2) is 8.61. The topological polar surface area (TPSA) is 75.9 Å². The molecular formula is C25H25FN6O. The van der Waals surface area contributed by atoms with Crippen molar-refractivity contribution in [2.45, 2.75) is 39.3 Å². The average molecular weight is 445 g/mol. The van der Waals surface area contributed by atoms with Crippen LogP contribution >= 0.6 is 0 Å². The molecule has 0 radical (unpaired) electrons. The summed E-state index contributed by atoms with van der Waals surface area (Å²) in [5.74, 6) is 1.05. The monoisotopic (exact) mass is 444 g/mol. The van der Waals surface area contributed by atoms with Crippen LogP contribution in [0, 0.1) is 19.7 Å². The lowest BCUT2D eigenvalue weighted by atomic mass is 10.1. The van der Waals surface area contributed by atoms with Gasteiger partial charge >= 0.3 is 0 Å². The third kappa shape index (κ3) is 4.28. The molecule has 33 heavy (non-hydrogen) atoms. The predicted octanol–water partition coefficient (Wildman–Crippen LogP) is 4.69. The number of amides is 1. The lowest BCUT2D eigenvalue weighted by Gasteiger charge is -2.25. The van der Waals surface area contributed by atoms with E-state index in [9.17, 15) is 9.18 Å².